The summed E-state index contributed by atoms with van der Waals surface area (Å²) in [5.41, 5.74) is 2.35. The fourth-order valence-corrected chi connectivity index (χ4v) is 2.80. The van der Waals surface area contributed by atoms with Gasteiger partial charge in [-0.2, -0.15) is 0 Å². The summed E-state index contributed by atoms with van der Waals surface area (Å²) in [6, 6.07) is 20.3. The summed E-state index contributed by atoms with van der Waals surface area (Å²) in [4.78, 5) is 14.4. The zero-order valence-corrected chi connectivity index (χ0v) is 12.7. The van der Waals surface area contributed by atoms with Crippen LogP contribution in [0.2, 0.25) is 0 Å². The van der Waals surface area contributed by atoms with Gasteiger partial charge in [0, 0.05) is 13.0 Å². The Labute approximate surface area is 131 Å². The van der Waals surface area contributed by atoms with E-state index in [9.17, 15) is 4.79 Å². The first-order valence-electron chi connectivity index (χ1n) is 7.81. The number of hydrogen-bond donors (Lipinski definition) is 0. The van der Waals surface area contributed by atoms with Crippen LogP contribution >= 0.6 is 0 Å². The second-order valence-corrected chi connectivity index (χ2v) is 5.60. The highest BCUT2D eigenvalue weighted by Crippen LogP contribution is 2.22. The van der Waals surface area contributed by atoms with Crippen LogP contribution in [0.3, 0.4) is 0 Å². The van der Waals surface area contributed by atoms with E-state index < -0.39 is 0 Å². The molecule has 3 rings (SSSR count). The van der Waals surface area contributed by atoms with E-state index in [1.807, 2.05) is 41.3 Å². The second kappa shape index (κ2) is 7.23. The van der Waals surface area contributed by atoms with Crippen LogP contribution in [-0.4, -0.2) is 30.5 Å². The van der Waals surface area contributed by atoms with E-state index in [0.29, 0.717) is 26.1 Å². The maximum Gasteiger partial charge on any atom is 0.223 e. The molecule has 1 saturated heterocycles. The van der Waals surface area contributed by atoms with Crippen molar-refractivity contribution >= 4 is 5.91 Å². The molecule has 0 aromatic heterocycles. The van der Waals surface area contributed by atoms with Crippen LogP contribution in [-0.2, 0) is 16.0 Å². The minimum Gasteiger partial charge on any atom is -0.370 e. The highest BCUT2D eigenvalue weighted by Gasteiger charge is 2.24. The molecule has 1 fully saturated rings. The van der Waals surface area contributed by atoms with Crippen molar-refractivity contribution in [3.8, 4) is 0 Å². The molecule has 0 bridgehead atoms. The molecule has 1 amide bonds. The van der Waals surface area contributed by atoms with Gasteiger partial charge in [-0.3, -0.25) is 4.79 Å². The van der Waals surface area contributed by atoms with Gasteiger partial charge in [0.15, 0.2) is 0 Å². The van der Waals surface area contributed by atoms with Gasteiger partial charge < -0.3 is 9.64 Å². The zero-order valence-electron chi connectivity index (χ0n) is 12.7. The molecule has 3 nitrogen and oxygen atoms in total. The molecular formula is C19H21NO2. The molecule has 0 unspecified atom stereocenters. The number of morpholine rings is 1. The molecule has 2 aromatic carbocycles. The Morgan fingerprint density at radius 3 is 2.45 bits per heavy atom. The Balaban J connectivity index is 1.56. The van der Waals surface area contributed by atoms with E-state index >= 15 is 0 Å². The molecule has 1 aliphatic rings. The fraction of sp³-hybridized carbons (Fsp3) is 0.316. The summed E-state index contributed by atoms with van der Waals surface area (Å²) in [5.74, 6) is 0.216. The zero-order chi connectivity index (χ0) is 15.2. The molecular weight excluding hydrogens is 274 g/mol. The molecule has 1 atom stereocenters. The minimum absolute atomic E-state index is 0.00405. The molecule has 1 aliphatic heterocycles. The third kappa shape index (κ3) is 3.74. The predicted octanol–water partition coefficient (Wildman–Crippen LogP) is 3.22. The van der Waals surface area contributed by atoms with Crippen molar-refractivity contribution in [1.82, 2.24) is 4.90 Å². The molecule has 22 heavy (non-hydrogen) atoms. The summed E-state index contributed by atoms with van der Waals surface area (Å²) in [5, 5.41) is 0. The third-order valence-electron chi connectivity index (χ3n) is 4.06. The maximum atomic E-state index is 12.4. The molecule has 0 spiro atoms. The Bertz CT molecular complexity index is 597. The van der Waals surface area contributed by atoms with E-state index in [1.165, 1.54) is 5.56 Å². The highest BCUT2D eigenvalue weighted by atomic mass is 16.5. The quantitative estimate of drug-likeness (QED) is 0.867. The van der Waals surface area contributed by atoms with Crippen molar-refractivity contribution in [2.24, 2.45) is 0 Å². The van der Waals surface area contributed by atoms with E-state index in [1.54, 1.807) is 0 Å². The van der Waals surface area contributed by atoms with E-state index in [4.69, 9.17) is 4.74 Å². The third-order valence-corrected chi connectivity index (χ3v) is 4.06. The molecule has 1 heterocycles. The Morgan fingerprint density at radius 2 is 1.73 bits per heavy atom. The number of aryl methyl sites for hydroxylation is 1. The summed E-state index contributed by atoms with van der Waals surface area (Å²) in [7, 11) is 0. The van der Waals surface area contributed by atoms with Gasteiger partial charge in [0.2, 0.25) is 5.91 Å². The Kier molecular flexibility index (Phi) is 4.86. The van der Waals surface area contributed by atoms with Crippen molar-refractivity contribution in [3.05, 3.63) is 71.8 Å². The van der Waals surface area contributed by atoms with Crippen molar-refractivity contribution in [2.75, 3.05) is 19.7 Å². The van der Waals surface area contributed by atoms with E-state index in [-0.39, 0.29) is 12.0 Å². The van der Waals surface area contributed by atoms with E-state index in [0.717, 1.165) is 12.0 Å². The van der Waals surface area contributed by atoms with Crippen molar-refractivity contribution in [2.45, 2.75) is 18.9 Å². The van der Waals surface area contributed by atoms with Crippen LogP contribution in [0.5, 0.6) is 0 Å². The van der Waals surface area contributed by atoms with Gasteiger partial charge in [0.1, 0.15) is 6.10 Å². The lowest BCUT2D eigenvalue weighted by molar-refractivity contribution is -0.139. The average Bonchev–Trinajstić information content (AvgIpc) is 2.61. The maximum absolute atomic E-state index is 12.4. The van der Waals surface area contributed by atoms with Gasteiger partial charge in [-0.1, -0.05) is 60.7 Å². The Morgan fingerprint density at radius 1 is 1.05 bits per heavy atom. The van der Waals surface area contributed by atoms with Crippen LogP contribution in [0.15, 0.2) is 60.7 Å². The number of amides is 1. The van der Waals surface area contributed by atoms with Crippen molar-refractivity contribution in [1.29, 1.82) is 0 Å². The fourth-order valence-electron chi connectivity index (χ4n) is 2.80. The van der Waals surface area contributed by atoms with Gasteiger partial charge in [0.25, 0.3) is 0 Å². The van der Waals surface area contributed by atoms with Gasteiger partial charge in [-0.15, -0.1) is 0 Å². The molecule has 3 heteroatoms. The second-order valence-electron chi connectivity index (χ2n) is 5.60. The highest BCUT2D eigenvalue weighted by molar-refractivity contribution is 5.76. The molecule has 114 valence electrons. The SMILES string of the molecule is O=C(CCc1ccccc1)N1CCO[C@H](c2ccccc2)C1. The monoisotopic (exact) mass is 295 g/mol. The summed E-state index contributed by atoms with van der Waals surface area (Å²) in [6.07, 6.45) is 1.36. The molecule has 0 aliphatic carbocycles. The van der Waals surface area contributed by atoms with Crippen LogP contribution < -0.4 is 0 Å². The van der Waals surface area contributed by atoms with Crippen LogP contribution in [0.4, 0.5) is 0 Å². The molecule has 0 saturated carbocycles. The average molecular weight is 295 g/mol. The molecule has 2 aromatic rings. The first kappa shape index (κ1) is 14.8. The number of carbonyl (C=O) groups excluding carboxylic acids is 1. The molecule has 0 radical (unpaired) electrons. The van der Waals surface area contributed by atoms with Gasteiger partial charge in [0.05, 0.1) is 13.2 Å². The lowest BCUT2D eigenvalue weighted by Gasteiger charge is -2.33. The van der Waals surface area contributed by atoms with Gasteiger partial charge in [-0.05, 0) is 17.5 Å². The summed E-state index contributed by atoms with van der Waals surface area (Å²) >= 11 is 0. The number of ether oxygens (including phenoxy) is 1. The van der Waals surface area contributed by atoms with Crippen LogP contribution in [0, 0.1) is 0 Å². The standard InChI is InChI=1S/C19H21NO2/c21-19(12-11-16-7-3-1-4-8-16)20-13-14-22-18(15-20)17-9-5-2-6-10-17/h1-10,18H,11-15H2/t18-/m0/s1. The van der Waals surface area contributed by atoms with Gasteiger partial charge >= 0.3 is 0 Å². The first-order valence-corrected chi connectivity index (χ1v) is 7.81. The number of benzene rings is 2. The van der Waals surface area contributed by atoms with Crippen molar-refractivity contribution in [3.63, 3.8) is 0 Å². The largest absolute Gasteiger partial charge is 0.370 e. The predicted molar refractivity (Wildman–Crippen MR) is 86.5 cm³/mol. The number of rotatable bonds is 4. The topological polar surface area (TPSA) is 29.5 Å². The molecule has 0 N–H and O–H groups in total. The number of nitrogens with zero attached hydrogens (tertiary/aromatic N) is 1. The lowest BCUT2D eigenvalue weighted by atomic mass is 10.1. The Hall–Kier alpha value is -2.13. The number of carbonyl (C=O) groups is 1. The van der Waals surface area contributed by atoms with Crippen molar-refractivity contribution < 1.29 is 9.53 Å². The van der Waals surface area contributed by atoms with Crippen LogP contribution in [0.25, 0.3) is 0 Å². The smallest absolute Gasteiger partial charge is 0.223 e. The van der Waals surface area contributed by atoms with E-state index in [2.05, 4.69) is 24.3 Å². The lowest BCUT2D eigenvalue weighted by Crippen LogP contribution is -2.42. The van der Waals surface area contributed by atoms with Gasteiger partial charge in [-0.25, -0.2) is 0 Å². The van der Waals surface area contributed by atoms with Crippen LogP contribution in [0.1, 0.15) is 23.7 Å². The normalized spacial score (nSPS) is 18.2. The number of hydrogen-bond acceptors (Lipinski definition) is 2. The summed E-state index contributed by atoms with van der Waals surface area (Å²) in [6.45, 7) is 1.95. The minimum atomic E-state index is -0.00405. The first-order chi connectivity index (χ1) is 10.8. The summed E-state index contributed by atoms with van der Waals surface area (Å²) < 4.78 is 5.81.